The van der Waals surface area contributed by atoms with Gasteiger partial charge in [-0.3, -0.25) is 4.79 Å². The van der Waals surface area contributed by atoms with Crippen LogP contribution < -0.4 is 4.74 Å². The summed E-state index contributed by atoms with van der Waals surface area (Å²) in [6.07, 6.45) is 2.73. The molecule has 1 N–H and O–H groups in total. The average molecular weight is 455 g/mol. The number of ether oxygens (including phenoxy) is 1. The minimum absolute atomic E-state index is 0.392. The molecule has 4 aromatic rings. The summed E-state index contributed by atoms with van der Waals surface area (Å²) in [7, 11) is 5.55. The van der Waals surface area contributed by atoms with Gasteiger partial charge in [0.05, 0.1) is 7.11 Å². The van der Waals surface area contributed by atoms with Crippen molar-refractivity contribution in [2.75, 3.05) is 27.7 Å². The third-order valence-corrected chi connectivity index (χ3v) is 6.35. The highest BCUT2D eigenvalue weighted by atomic mass is 16.5. The van der Waals surface area contributed by atoms with Crippen LogP contribution >= 0.6 is 0 Å². The first-order valence-electron chi connectivity index (χ1n) is 11.4. The van der Waals surface area contributed by atoms with Crippen LogP contribution in [0.3, 0.4) is 0 Å². The van der Waals surface area contributed by atoms with E-state index in [2.05, 4.69) is 22.0 Å². The Morgan fingerprint density at radius 3 is 2.44 bits per heavy atom. The molecule has 1 aromatic heterocycles. The number of aliphatic hydroxyl groups is 1. The standard InChI is InChI=1S/C29H30N2O3/c1-31(2)17-16-29(33,26-15-9-13-22-10-7-8-14-24(22)26)27(23-11-5-4-6-12-23)25-18-21(20-32)19-30-28(25)34-3/h4-15,18-20,27,33H,16-17H2,1-3H3. The summed E-state index contributed by atoms with van der Waals surface area (Å²) in [5, 5.41) is 14.8. The molecule has 4 rings (SSSR count). The normalized spacial score (nSPS) is 14.0. The molecule has 0 aliphatic rings. The van der Waals surface area contributed by atoms with E-state index in [0.29, 0.717) is 30.0 Å². The second-order valence-corrected chi connectivity index (χ2v) is 8.83. The zero-order valence-electron chi connectivity index (χ0n) is 19.8. The Hall–Kier alpha value is -3.54. The number of nitrogens with zero attached hydrogens (tertiary/aromatic N) is 2. The molecular formula is C29H30N2O3. The zero-order chi connectivity index (χ0) is 24.1. The molecule has 0 radical (unpaired) electrons. The molecular weight excluding hydrogens is 424 g/mol. The van der Waals surface area contributed by atoms with Gasteiger partial charge in [0.1, 0.15) is 5.60 Å². The Morgan fingerprint density at radius 1 is 1.03 bits per heavy atom. The summed E-state index contributed by atoms with van der Waals surface area (Å²) in [4.78, 5) is 18.1. The molecule has 0 spiro atoms. The molecule has 3 aromatic carbocycles. The summed E-state index contributed by atoms with van der Waals surface area (Å²) in [5.41, 5.74) is 1.54. The van der Waals surface area contributed by atoms with E-state index in [1.807, 2.05) is 74.8 Å². The van der Waals surface area contributed by atoms with Crippen LogP contribution in [0.4, 0.5) is 0 Å². The fraction of sp³-hybridized carbons (Fsp3) is 0.241. The van der Waals surface area contributed by atoms with Crippen LogP contribution in [0, 0.1) is 0 Å². The number of rotatable bonds is 9. The van der Waals surface area contributed by atoms with Crippen LogP contribution in [-0.2, 0) is 5.60 Å². The zero-order valence-corrected chi connectivity index (χ0v) is 19.8. The highest BCUT2D eigenvalue weighted by Crippen LogP contribution is 2.48. The third-order valence-electron chi connectivity index (χ3n) is 6.35. The quantitative estimate of drug-likeness (QED) is 0.360. The van der Waals surface area contributed by atoms with Crippen LogP contribution in [0.2, 0.25) is 0 Å². The number of carbonyl (C=O) groups is 1. The second kappa shape index (κ2) is 10.2. The van der Waals surface area contributed by atoms with Crippen molar-refractivity contribution in [1.29, 1.82) is 0 Å². The van der Waals surface area contributed by atoms with E-state index in [0.717, 1.165) is 28.2 Å². The number of aldehydes is 1. The Balaban J connectivity index is 2.05. The van der Waals surface area contributed by atoms with E-state index in [4.69, 9.17) is 4.74 Å². The van der Waals surface area contributed by atoms with Crippen LogP contribution in [0.15, 0.2) is 85.1 Å². The lowest BCUT2D eigenvalue weighted by molar-refractivity contribution is 0.00513. The molecule has 0 saturated carbocycles. The number of benzene rings is 3. The van der Waals surface area contributed by atoms with E-state index in [-0.39, 0.29) is 0 Å². The summed E-state index contributed by atoms with van der Waals surface area (Å²) in [5.74, 6) is -0.134. The van der Waals surface area contributed by atoms with Gasteiger partial charge in [-0.15, -0.1) is 0 Å². The molecule has 0 bridgehead atoms. The number of pyridine rings is 1. The molecule has 0 aliphatic heterocycles. The van der Waals surface area contributed by atoms with Crippen LogP contribution in [0.1, 0.15) is 39.4 Å². The Labute approximate surface area is 200 Å². The van der Waals surface area contributed by atoms with Crippen molar-refractivity contribution in [3.05, 3.63) is 107 Å². The smallest absolute Gasteiger partial charge is 0.217 e. The Kier molecular flexibility index (Phi) is 7.06. The summed E-state index contributed by atoms with van der Waals surface area (Å²) in [6.45, 7) is 0.659. The van der Waals surface area contributed by atoms with Crippen LogP contribution in [0.25, 0.3) is 10.8 Å². The molecule has 1 heterocycles. The van der Waals surface area contributed by atoms with Crippen molar-refractivity contribution in [2.24, 2.45) is 0 Å². The van der Waals surface area contributed by atoms with Gasteiger partial charge in [-0.2, -0.15) is 0 Å². The first-order chi connectivity index (χ1) is 16.5. The largest absolute Gasteiger partial charge is 0.481 e. The number of hydrogen-bond donors (Lipinski definition) is 1. The van der Waals surface area contributed by atoms with Crippen LogP contribution in [0.5, 0.6) is 5.88 Å². The molecule has 0 fully saturated rings. The van der Waals surface area contributed by atoms with Crippen molar-refractivity contribution < 1.29 is 14.6 Å². The van der Waals surface area contributed by atoms with Gasteiger partial charge in [0, 0.05) is 29.8 Å². The lowest BCUT2D eigenvalue weighted by atomic mass is 9.70. The third kappa shape index (κ3) is 4.58. The monoisotopic (exact) mass is 454 g/mol. The predicted octanol–water partition coefficient (Wildman–Crippen LogP) is 5.03. The molecule has 0 saturated heterocycles. The molecule has 34 heavy (non-hydrogen) atoms. The second-order valence-electron chi connectivity index (χ2n) is 8.83. The van der Waals surface area contributed by atoms with Crippen molar-refractivity contribution in [3.63, 3.8) is 0 Å². The molecule has 2 atom stereocenters. The molecule has 0 aliphatic carbocycles. The maximum atomic E-state index is 12.8. The first-order valence-corrected chi connectivity index (χ1v) is 11.4. The van der Waals surface area contributed by atoms with Crippen molar-refractivity contribution in [1.82, 2.24) is 9.88 Å². The Bertz CT molecular complexity index is 1270. The summed E-state index contributed by atoms with van der Waals surface area (Å²) < 4.78 is 5.64. The summed E-state index contributed by atoms with van der Waals surface area (Å²) >= 11 is 0. The Morgan fingerprint density at radius 2 is 1.74 bits per heavy atom. The molecule has 174 valence electrons. The SMILES string of the molecule is COc1ncc(C=O)cc1C(c1ccccc1)C(O)(CCN(C)C)c1cccc2ccccc12. The fourth-order valence-electron chi connectivity index (χ4n) is 4.72. The fourth-order valence-corrected chi connectivity index (χ4v) is 4.72. The van der Waals surface area contributed by atoms with Crippen molar-refractivity contribution >= 4 is 17.1 Å². The van der Waals surface area contributed by atoms with E-state index < -0.39 is 11.5 Å². The minimum Gasteiger partial charge on any atom is -0.481 e. The van der Waals surface area contributed by atoms with Gasteiger partial charge >= 0.3 is 0 Å². The maximum absolute atomic E-state index is 12.8. The van der Waals surface area contributed by atoms with Crippen molar-refractivity contribution in [2.45, 2.75) is 17.9 Å². The predicted molar refractivity (Wildman–Crippen MR) is 135 cm³/mol. The lowest BCUT2D eigenvalue weighted by Gasteiger charge is -2.39. The number of hydrogen-bond acceptors (Lipinski definition) is 5. The van der Waals surface area contributed by atoms with Gasteiger partial charge in [-0.05, 0) is 48.5 Å². The number of fused-ring (bicyclic) bond motifs is 1. The molecule has 0 amide bonds. The number of methoxy groups -OCH3 is 1. The van der Waals surface area contributed by atoms with Crippen molar-refractivity contribution in [3.8, 4) is 5.88 Å². The summed E-state index contributed by atoms with van der Waals surface area (Å²) in [6, 6.07) is 25.8. The topological polar surface area (TPSA) is 62.7 Å². The minimum atomic E-state index is -1.32. The van der Waals surface area contributed by atoms with Gasteiger partial charge in [0.25, 0.3) is 0 Å². The molecule has 5 nitrogen and oxygen atoms in total. The highest BCUT2D eigenvalue weighted by molar-refractivity contribution is 5.86. The van der Waals surface area contributed by atoms with E-state index in [1.54, 1.807) is 13.2 Å². The number of carbonyl (C=O) groups excluding carboxylic acids is 1. The lowest BCUT2D eigenvalue weighted by Crippen LogP contribution is -2.38. The van der Waals surface area contributed by atoms with Gasteiger partial charge in [0.15, 0.2) is 6.29 Å². The van der Waals surface area contributed by atoms with E-state index in [9.17, 15) is 9.90 Å². The maximum Gasteiger partial charge on any atom is 0.217 e. The van der Waals surface area contributed by atoms with E-state index >= 15 is 0 Å². The van der Waals surface area contributed by atoms with Gasteiger partial charge < -0.3 is 14.7 Å². The molecule has 5 heteroatoms. The van der Waals surface area contributed by atoms with Crippen LogP contribution in [-0.4, -0.2) is 49.0 Å². The van der Waals surface area contributed by atoms with Gasteiger partial charge in [-0.25, -0.2) is 4.98 Å². The first kappa shape index (κ1) is 23.6. The van der Waals surface area contributed by atoms with E-state index in [1.165, 1.54) is 6.20 Å². The highest BCUT2D eigenvalue weighted by Gasteiger charge is 2.43. The van der Waals surface area contributed by atoms with Gasteiger partial charge in [0.2, 0.25) is 5.88 Å². The molecule has 2 unspecified atom stereocenters. The number of aromatic nitrogens is 1. The van der Waals surface area contributed by atoms with Gasteiger partial charge in [-0.1, -0.05) is 72.8 Å². The average Bonchev–Trinajstić information content (AvgIpc) is 2.87.